The summed E-state index contributed by atoms with van der Waals surface area (Å²) < 4.78 is 31.7. The Labute approximate surface area is 254 Å². The Bertz CT molecular complexity index is 1420. The first kappa shape index (κ1) is 32.9. The van der Waals surface area contributed by atoms with Crippen molar-refractivity contribution in [3.8, 4) is 5.75 Å². The summed E-state index contributed by atoms with van der Waals surface area (Å²) in [6, 6.07) is 22.7. The van der Waals surface area contributed by atoms with Gasteiger partial charge in [0.1, 0.15) is 11.8 Å². The number of ether oxygens (including phenoxy) is 1. The molecule has 0 fully saturated rings. The van der Waals surface area contributed by atoms with Crippen molar-refractivity contribution in [2.45, 2.75) is 58.2 Å². The maximum atomic E-state index is 13.9. The largest absolute Gasteiger partial charge is 0.497 e. The number of nitrogens with one attached hydrogen (secondary N) is 1. The first-order chi connectivity index (χ1) is 20.0. The summed E-state index contributed by atoms with van der Waals surface area (Å²) in [6.07, 6.45) is 2.52. The van der Waals surface area contributed by atoms with Crippen molar-refractivity contribution >= 4 is 39.1 Å². The molecule has 0 saturated heterocycles. The molecule has 0 saturated carbocycles. The SMILES string of the molecule is CC[C@H](C)NC(=O)[C@@H](Cc1ccccc1)N(Cc1cccc(Cl)c1)C(=O)CCCN(c1ccc(OC)cc1)S(C)(=O)=O. The van der Waals surface area contributed by atoms with E-state index < -0.39 is 16.1 Å². The van der Waals surface area contributed by atoms with Gasteiger partial charge in [-0.25, -0.2) is 8.42 Å². The number of methoxy groups -OCH3 is 1. The summed E-state index contributed by atoms with van der Waals surface area (Å²) in [4.78, 5) is 29.1. The molecule has 0 radical (unpaired) electrons. The lowest BCUT2D eigenvalue weighted by molar-refractivity contribution is -0.141. The molecule has 0 aliphatic carbocycles. The van der Waals surface area contributed by atoms with Gasteiger partial charge in [0.05, 0.1) is 19.1 Å². The van der Waals surface area contributed by atoms with E-state index in [1.807, 2.05) is 56.3 Å². The minimum absolute atomic E-state index is 0.0463. The molecule has 3 aromatic carbocycles. The molecule has 42 heavy (non-hydrogen) atoms. The molecule has 0 spiro atoms. The van der Waals surface area contributed by atoms with Crippen molar-refractivity contribution in [2.24, 2.45) is 0 Å². The Balaban J connectivity index is 1.88. The molecular weight excluding hydrogens is 574 g/mol. The van der Waals surface area contributed by atoms with Crippen LogP contribution in [-0.4, -0.2) is 57.1 Å². The minimum atomic E-state index is -3.61. The molecule has 10 heteroatoms. The summed E-state index contributed by atoms with van der Waals surface area (Å²) in [5.74, 6) is 0.122. The topological polar surface area (TPSA) is 96.0 Å². The molecule has 0 heterocycles. The number of halogens is 1. The fourth-order valence-corrected chi connectivity index (χ4v) is 5.76. The molecule has 2 atom stereocenters. The highest BCUT2D eigenvalue weighted by Gasteiger charge is 2.31. The summed E-state index contributed by atoms with van der Waals surface area (Å²) in [5, 5.41) is 3.58. The number of carbonyl (C=O) groups excluding carboxylic acids is 2. The lowest BCUT2D eigenvalue weighted by Crippen LogP contribution is -2.52. The van der Waals surface area contributed by atoms with E-state index in [9.17, 15) is 18.0 Å². The number of benzene rings is 3. The van der Waals surface area contributed by atoms with Crippen LogP contribution in [0.5, 0.6) is 5.75 Å². The van der Waals surface area contributed by atoms with Crippen LogP contribution >= 0.6 is 11.6 Å². The first-order valence-electron chi connectivity index (χ1n) is 14.0. The van der Waals surface area contributed by atoms with Crippen molar-refractivity contribution in [3.05, 3.63) is 95.0 Å². The van der Waals surface area contributed by atoms with Gasteiger partial charge in [-0.1, -0.05) is 61.0 Å². The standard InChI is InChI=1S/C32H40ClN3O5S/c1-5-24(2)34-32(38)30(22-25-11-7-6-8-12-25)35(23-26-13-9-14-27(33)21-26)31(37)15-10-20-36(42(4,39)40)28-16-18-29(41-3)19-17-28/h6-9,11-14,16-19,21,24,30H,5,10,15,20,22-23H2,1-4H3,(H,34,38)/t24-,30+/m0/s1. The van der Waals surface area contributed by atoms with E-state index >= 15 is 0 Å². The summed E-state index contributed by atoms with van der Waals surface area (Å²) in [7, 11) is -2.07. The van der Waals surface area contributed by atoms with Gasteiger partial charge in [-0.2, -0.15) is 0 Å². The number of rotatable bonds is 15. The van der Waals surface area contributed by atoms with Crippen LogP contribution in [0, 0.1) is 0 Å². The van der Waals surface area contributed by atoms with Crippen molar-refractivity contribution < 1.29 is 22.7 Å². The van der Waals surface area contributed by atoms with E-state index in [0.717, 1.165) is 23.8 Å². The second-order valence-electron chi connectivity index (χ2n) is 10.3. The zero-order chi connectivity index (χ0) is 30.7. The van der Waals surface area contributed by atoms with E-state index in [2.05, 4.69) is 5.32 Å². The molecule has 226 valence electrons. The van der Waals surface area contributed by atoms with Crippen LogP contribution in [-0.2, 0) is 32.6 Å². The molecule has 1 N–H and O–H groups in total. The predicted octanol–water partition coefficient (Wildman–Crippen LogP) is 5.45. The minimum Gasteiger partial charge on any atom is -0.497 e. The lowest BCUT2D eigenvalue weighted by atomic mass is 10.0. The molecule has 8 nitrogen and oxygen atoms in total. The van der Waals surface area contributed by atoms with Crippen LogP contribution in [0.25, 0.3) is 0 Å². The number of sulfonamides is 1. The van der Waals surface area contributed by atoms with Crippen molar-refractivity contribution in [2.75, 3.05) is 24.2 Å². The first-order valence-corrected chi connectivity index (χ1v) is 16.2. The third-order valence-corrected chi connectivity index (χ3v) is 8.46. The number of amides is 2. The van der Waals surface area contributed by atoms with Crippen LogP contribution in [0.4, 0.5) is 5.69 Å². The van der Waals surface area contributed by atoms with Gasteiger partial charge in [-0.15, -0.1) is 0 Å². The maximum Gasteiger partial charge on any atom is 0.243 e. The quantitative estimate of drug-likeness (QED) is 0.246. The van der Waals surface area contributed by atoms with Crippen molar-refractivity contribution in [1.82, 2.24) is 10.2 Å². The van der Waals surface area contributed by atoms with Crippen LogP contribution in [0.1, 0.15) is 44.2 Å². The number of anilines is 1. The molecule has 3 rings (SSSR count). The fraction of sp³-hybridized carbons (Fsp3) is 0.375. The second-order valence-corrected chi connectivity index (χ2v) is 12.7. The Morgan fingerprint density at radius 3 is 2.24 bits per heavy atom. The smallest absolute Gasteiger partial charge is 0.243 e. The molecule has 0 aliphatic heterocycles. The number of hydrogen-bond acceptors (Lipinski definition) is 5. The Hall–Kier alpha value is -3.56. The van der Waals surface area contributed by atoms with Gasteiger partial charge in [0.25, 0.3) is 0 Å². The van der Waals surface area contributed by atoms with E-state index in [0.29, 0.717) is 22.9 Å². The Morgan fingerprint density at radius 2 is 1.64 bits per heavy atom. The summed E-state index contributed by atoms with van der Waals surface area (Å²) in [5.41, 5.74) is 2.20. The molecule has 2 amide bonds. The Morgan fingerprint density at radius 1 is 0.976 bits per heavy atom. The monoisotopic (exact) mass is 613 g/mol. The Kier molecular flexibility index (Phi) is 12.2. The highest BCUT2D eigenvalue weighted by molar-refractivity contribution is 7.92. The van der Waals surface area contributed by atoms with Crippen LogP contribution in [0.15, 0.2) is 78.9 Å². The highest BCUT2D eigenvalue weighted by Crippen LogP contribution is 2.23. The molecule has 0 unspecified atom stereocenters. The number of nitrogens with zero attached hydrogens (tertiary/aromatic N) is 2. The van der Waals surface area contributed by atoms with E-state index in [1.54, 1.807) is 48.4 Å². The summed E-state index contributed by atoms with van der Waals surface area (Å²) in [6.45, 7) is 4.20. The van der Waals surface area contributed by atoms with Gasteiger partial charge in [0, 0.05) is 37.0 Å². The normalized spacial score (nSPS) is 12.7. The molecule has 0 bridgehead atoms. The molecule has 0 aromatic heterocycles. The number of carbonyl (C=O) groups is 2. The molecular formula is C32H40ClN3O5S. The average molecular weight is 614 g/mol. The lowest BCUT2D eigenvalue weighted by Gasteiger charge is -2.32. The number of hydrogen-bond donors (Lipinski definition) is 1. The van der Waals surface area contributed by atoms with E-state index in [4.69, 9.17) is 16.3 Å². The van der Waals surface area contributed by atoms with Crippen LogP contribution in [0.3, 0.4) is 0 Å². The fourth-order valence-electron chi connectivity index (χ4n) is 4.58. The van der Waals surface area contributed by atoms with Crippen LogP contribution in [0.2, 0.25) is 5.02 Å². The van der Waals surface area contributed by atoms with Gasteiger partial charge in [-0.3, -0.25) is 13.9 Å². The average Bonchev–Trinajstić information content (AvgIpc) is 2.97. The second kappa shape index (κ2) is 15.6. The van der Waals surface area contributed by atoms with Crippen LogP contribution < -0.4 is 14.4 Å². The van der Waals surface area contributed by atoms with E-state index in [1.165, 1.54) is 4.31 Å². The zero-order valence-corrected chi connectivity index (χ0v) is 26.2. The predicted molar refractivity (Wildman–Crippen MR) is 168 cm³/mol. The van der Waals surface area contributed by atoms with Gasteiger partial charge < -0.3 is 15.0 Å². The van der Waals surface area contributed by atoms with Crippen molar-refractivity contribution in [3.63, 3.8) is 0 Å². The zero-order valence-electron chi connectivity index (χ0n) is 24.6. The van der Waals surface area contributed by atoms with Crippen molar-refractivity contribution in [1.29, 1.82) is 0 Å². The third-order valence-electron chi connectivity index (χ3n) is 7.03. The summed E-state index contributed by atoms with van der Waals surface area (Å²) >= 11 is 6.25. The maximum absolute atomic E-state index is 13.9. The van der Waals surface area contributed by atoms with E-state index in [-0.39, 0.29) is 43.8 Å². The highest BCUT2D eigenvalue weighted by atomic mass is 35.5. The third kappa shape index (κ3) is 9.77. The molecule has 0 aliphatic rings. The van der Waals surface area contributed by atoms with Gasteiger partial charge in [0.15, 0.2) is 0 Å². The van der Waals surface area contributed by atoms with Gasteiger partial charge >= 0.3 is 0 Å². The molecule has 3 aromatic rings. The van der Waals surface area contributed by atoms with Gasteiger partial charge in [0.2, 0.25) is 21.8 Å². The van der Waals surface area contributed by atoms with Gasteiger partial charge in [-0.05, 0) is 67.3 Å².